The van der Waals surface area contributed by atoms with Crippen LogP contribution in [0.15, 0.2) is 0 Å². The maximum absolute atomic E-state index is 3.89. The van der Waals surface area contributed by atoms with Crippen LogP contribution in [-0.2, 0) is 0 Å². The Balaban J connectivity index is 2.71. The summed E-state index contributed by atoms with van der Waals surface area (Å²) >= 11 is 0. The molecule has 114 valence electrons. The second kappa shape index (κ2) is 6.67. The molecule has 1 aliphatic heterocycles. The third-order valence-corrected chi connectivity index (χ3v) is 7.23. The van der Waals surface area contributed by atoms with E-state index in [2.05, 4.69) is 67.3 Å². The lowest BCUT2D eigenvalue weighted by atomic mass is 10.1. The van der Waals surface area contributed by atoms with E-state index in [1.807, 2.05) is 0 Å². The zero-order valence-electron chi connectivity index (χ0n) is 14.1. The van der Waals surface area contributed by atoms with Gasteiger partial charge in [0.2, 0.25) is 0 Å². The highest BCUT2D eigenvalue weighted by atomic mass is 28.3. The molecule has 4 nitrogen and oxygen atoms in total. The molecule has 0 aliphatic carbocycles. The number of rotatable bonds is 2. The molecule has 1 heterocycles. The van der Waals surface area contributed by atoms with Crippen molar-refractivity contribution in [1.29, 1.82) is 0 Å². The van der Waals surface area contributed by atoms with E-state index in [0.29, 0.717) is 0 Å². The Bertz CT molecular complexity index is 261. The highest BCUT2D eigenvalue weighted by Gasteiger charge is 2.33. The molecule has 0 aromatic carbocycles. The third kappa shape index (κ3) is 6.36. The average Bonchev–Trinajstić information content (AvgIpc) is 2.28. The minimum atomic E-state index is -1.54. The summed E-state index contributed by atoms with van der Waals surface area (Å²) in [5.41, 5.74) is 0.200. The van der Waals surface area contributed by atoms with Crippen LogP contribution in [0.1, 0.15) is 20.8 Å². The van der Waals surface area contributed by atoms with Crippen LogP contribution in [0.2, 0.25) is 13.1 Å². The molecule has 0 bridgehead atoms. The van der Waals surface area contributed by atoms with Gasteiger partial charge in [-0.15, -0.1) is 0 Å². The molecular formula is C14H34N4Si. The van der Waals surface area contributed by atoms with Crippen molar-refractivity contribution in [2.75, 3.05) is 53.4 Å². The second-order valence-electron chi connectivity index (χ2n) is 7.53. The van der Waals surface area contributed by atoms with Gasteiger partial charge < -0.3 is 19.3 Å². The van der Waals surface area contributed by atoms with E-state index >= 15 is 0 Å². The molecular weight excluding hydrogens is 252 g/mol. The largest absolute Gasteiger partial charge is 0.321 e. The summed E-state index contributed by atoms with van der Waals surface area (Å²) in [5, 5.41) is 0. The minimum Gasteiger partial charge on any atom is -0.321 e. The molecule has 1 rings (SSSR count). The van der Waals surface area contributed by atoms with Crippen LogP contribution in [0.3, 0.4) is 0 Å². The smallest absolute Gasteiger partial charge is 0.198 e. The first kappa shape index (κ1) is 17.1. The topological polar surface area (TPSA) is 21.8 Å². The molecule has 0 atom stereocenters. The van der Waals surface area contributed by atoms with Crippen LogP contribution in [0, 0.1) is 0 Å². The van der Waals surface area contributed by atoms with Crippen molar-refractivity contribution in [3.05, 3.63) is 0 Å². The fourth-order valence-corrected chi connectivity index (χ4v) is 6.13. The first-order chi connectivity index (χ1) is 8.60. The lowest BCUT2D eigenvalue weighted by Crippen LogP contribution is -2.66. The molecule has 5 heteroatoms. The van der Waals surface area contributed by atoms with Crippen molar-refractivity contribution in [1.82, 2.24) is 19.3 Å². The Kier molecular flexibility index (Phi) is 6.01. The average molecular weight is 287 g/mol. The number of likely N-dealkylation sites (N-methyl/N-ethyl adjacent to an activating group) is 2. The van der Waals surface area contributed by atoms with E-state index in [-0.39, 0.29) is 5.54 Å². The summed E-state index contributed by atoms with van der Waals surface area (Å²) in [5.74, 6) is 0. The van der Waals surface area contributed by atoms with Gasteiger partial charge in [-0.05, 0) is 48.0 Å². The molecule has 0 unspecified atom stereocenters. The van der Waals surface area contributed by atoms with Gasteiger partial charge in [0.15, 0.2) is 8.40 Å². The van der Waals surface area contributed by atoms with E-state index in [9.17, 15) is 0 Å². The summed E-state index contributed by atoms with van der Waals surface area (Å²) in [4.78, 5) is 8.80. The maximum Gasteiger partial charge on any atom is 0.198 e. The fraction of sp³-hybridized carbons (Fsp3) is 1.00. The van der Waals surface area contributed by atoms with Crippen molar-refractivity contribution in [3.8, 4) is 0 Å². The van der Waals surface area contributed by atoms with Crippen molar-refractivity contribution in [2.24, 2.45) is 0 Å². The highest BCUT2D eigenvalue weighted by Crippen LogP contribution is 2.13. The van der Waals surface area contributed by atoms with Crippen LogP contribution in [0.4, 0.5) is 0 Å². The second-order valence-corrected chi connectivity index (χ2v) is 11.5. The van der Waals surface area contributed by atoms with Crippen LogP contribution in [-0.4, -0.2) is 81.7 Å². The summed E-state index contributed by atoms with van der Waals surface area (Å²) in [6, 6.07) is 0. The Morgan fingerprint density at radius 3 is 1.53 bits per heavy atom. The van der Waals surface area contributed by atoms with Crippen molar-refractivity contribution in [2.45, 2.75) is 39.4 Å². The quantitative estimate of drug-likeness (QED) is 0.771. The standard InChI is InChI=1S/C14H34N4Si/c1-14(2,3)15-19(6,7)18-12-10-16(4)8-9-17(5)11-13-18/h15H,8-13H2,1-7H3. The van der Waals surface area contributed by atoms with Crippen LogP contribution >= 0.6 is 0 Å². The van der Waals surface area contributed by atoms with Gasteiger partial charge in [-0.3, -0.25) is 0 Å². The number of nitrogens with zero attached hydrogens (tertiary/aromatic N) is 3. The zero-order valence-corrected chi connectivity index (χ0v) is 15.1. The van der Waals surface area contributed by atoms with Gasteiger partial charge in [0.1, 0.15) is 0 Å². The monoisotopic (exact) mass is 286 g/mol. The lowest BCUT2D eigenvalue weighted by Gasteiger charge is -2.42. The fourth-order valence-electron chi connectivity index (χ4n) is 2.82. The predicted octanol–water partition coefficient (Wildman–Crippen LogP) is 1.26. The Morgan fingerprint density at radius 2 is 1.16 bits per heavy atom. The highest BCUT2D eigenvalue weighted by molar-refractivity contribution is 6.72. The van der Waals surface area contributed by atoms with Gasteiger partial charge in [-0.1, -0.05) is 0 Å². The Hall–Kier alpha value is 0.0569. The van der Waals surface area contributed by atoms with Gasteiger partial charge in [-0.2, -0.15) is 0 Å². The van der Waals surface area contributed by atoms with Crippen molar-refractivity contribution >= 4 is 8.40 Å². The van der Waals surface area contributed by atoms with Crippen molar-refractivity contribution < 1.29 is 0 Å². The molecule has 0 radical (unpaired) electrons. The van der Waals surface area contributed by atoms with Gasteiger partial charge in [0.05, 0.1) is 0 Å². The lowest BCUT2D eigenvalue weighted by molar-refractivity contribution is 0.277. The third-order valence-electron chi connectivity index (χ3n) is 3.84. The van der Waals surface area contributed by atoms with E-state index in [0.717, 1.165) is 0 Å². The maximum atomic E-state index is 3.89. The molecule has 0 aromatic heterocycles. The van der Waals surface area contributed by atoms with Gasteiger partial charge in [-0.25, -0.2) is 0 Å². The van der Waals surface area contributed by atoms with E-state index in [1.165, 1.54) is 39.3 Å². The van der Waals surface area contributed by atoms with Crippen LogP contribution < -0.4 is 4.98 Å². The molecule has 0 saturated carbocycles. The molecule has 1 fully saturated rings. The van der Waals surface area contributed by atoms with E-state index < -0.39 is 8.40 Å². The molecule has 19 heavy (non-hydrogen) atoms. The summed E-state index contributed by atoms with van der Waals surface area (Å²) in [7, 11) is 2.93. The molecule has 1 N–H and O–H groups in total. The number of nitrogens with one attached hydrogen (secondary N) is 1. The molecule has 1 saturated heterocycles. The Labute approximate surface area is 121 Å². The Morgan fingerprint density at radius 1 is 0.789 bits per heavy atom. The first-order valence-corrected chi connectivity index (χ1v) is 10.5. The normalized spacial score (nSPS) is 22.9. The van der Waals surface area contributed by atoms with Crippen LogP contribution in [0.5, 0.6) is 0 Å². The SMILES string of the molecule is CN1CCN(C)CCN([Si](C)(C)NC(C)(C)C)CC1. The van der Waals surface area contributed by atoms with Crippen molar-refractivity contribution in [3.63, 3.8) is 0 Å². The van der Waals surface area contributed by atoms with E-state index in [4.69, 9.17) is 0 Å². The first-order valence-electron chi connectivity index (χ1n) is 7.52. The molecule has 0 amide bonds. The predicted molar refractivity (Wildman–Crippen MR) is 86.9 cm³/mol. The minimum absolute atomic E-state index is 0.200. The van der Waals surface area contributed by atoms with Crippen LogP contribution in [0.25, 0.3) is 0 Å². The number of hydrogen-bond acceptors (Lipinski definition) is 4. The van der Waals surface area contributed by atoms with Gasteiger partial charge in [0, 0.05) is 44.8 Å². The summed E-state index contributed by atoms with van der Waals surface area (Å²) in [6.07, 6.45) is 0. The number of hydrogen-bond donors (Lipinski definition) is 1. The molecule has 0 aromatic rings. The molecule has 1 aliphatic rings. The zero-order chi connectivity index (χ0) is 14.7. The molecule has 0 spiro atoms. The van der Waals surface area contributed by atoms with Gasteiger partial charge >= 0.3 is 0 Å². The van der Waals surface area contributed by atoms with Gasteiger partial charge in [0.25, 0.3) is 0 Å². The summed E-state index contributed by atoms with van der Waals surface area (Å²) < 4.78 is 2.72. The summed E-state index contributed by atoms with van der Waals surface area (Å²) in [6.45, 7) is 18.8. The van der Waals surface area contributed by atoms with E-state index in [1.54, 1.807) is 0 Å².